The number of fused-ring (bicyclic) bond motifs is 1. The molecule has 0 spiro atoms. The van der Waals surface area contributed by atoms with Gasteiger partial charge in [0.1, 0.15) is 5.65 Å². The molecule has 1 N–H and O–H groups in total. The molecule has 96 valence electrons. The van der Waals surface area contributed by atoms with Gasteiger partial charge in [0.15, 0.2) is 5.82 Å². The SMILES string of the molecule is Cc1c(NC(=O)C(F)(F)F)nc2ccc(I)cn12. The summed E-state index contributed by atoms with van der Waals surface area (Å²) in [6.07, 6.45) is -3.20. The van der Waals surface area contributed by atoms with Crippen LogP contribution in [0.1, 0.15) is 5.69 Å². The third-order valence-corrected chi connectivity index (χ3v) is 2.95. The van der Waals surface area contributed by atoms with Gasteiger partial charge in [-0.1, -0.05) is 0 Å². The number of anilines is 1. The van der Waals surface area contributed by atoms with Crippen LogP contribution in [0.4, 0.5) is 19.0 Å². The molecule has 0 fully saturated rings. The first-order chi connectivity index (χ1) is 8.29. The molecule has 2 aromatic rings. The summed E-state index contributed by atoms with van der Waals surface area (Å²) in [6.45, 7) is 1.59. The molecule has 0 saturated heterocycles. The van der Waals surface area contributed by atoms with Crippen LogP contribution in [-0.2, 0) is 4.79 Å². The van der Waals surface area contributed by atoms with E-state index in [-0.39, 0.29) is 5.82 Å². The summed E-state index contributed by atoms with van der Waals surface area (Å²) >= 11 is 2.08. The third kappa shape index (κ3) is 2.42. The summed E-state index contributed by atoms with van der Waals surface area (Å²) < 4.78 is 38.9. The zero-order chi connectivity index (χ0) is 13.5. The lowest BCUT2D eigenvalue weighted by Crippen LogP contribution is -2.30. The van der Waals surface area contributed by atoms with Crippen molar-refractivity contribution >= 4 is 40.0 Å². The molecule has 0 radical (unpaired) electrons. The fraction of sp³-hybridized carbons (Fsp3) is 0.200. The van der Waals surface area contributed by atoms with Gasteiger partial charge >= 0.3 is 12.1 Å². The molecule has 1 amide bonds. The predicted molar refractivity (Wildman–Crippen MR) is 67.3 cm³/mol. The van der Waals surface area contributed by atoms with Crippen LogP contribution in [0.2, 0.25) is 0 Å². The Bertz CT molecular complexity index is 621. The van der Waals surface area contributed by atoms with Gasteiger partial charge in [0.25, 0.3) is 0 Å². The summed E-state index contributed by atoms with van der Waals surface area (Å²) in [5.74, 6) is -2.11. The number of nitrogens with zero attached hydrogens (tertiary/aromatic N) is 2. The van der Waals surface area contributed by atoms with Crippen molar-refractivity contribution in [2.75, 3.05) is 5.32 Å². The normalized spacial score (nSPS) is 11.8. The molecule has 0 aromatic carbocycles. The lowest BCUT2D eigenvalue weighted by atomic mass is 10.4. The number of imidazole rings is 1. The summed E-state index contributed by atoms with van der Waals surface area (Å²) in [6, 6.07) is 3.44. The molecule has 0 aliphatic rings. The fourth-order valence-electron chi connectivity index (χ4n) is 1.43. The van der Waals surface area contributed by atoms with E-state index in [2.05, 4.69) is 27.6 Å². The fourth-order valence-corrected chi connectivity index (χ4v) is 1.89. The first kappa shape index (κ1) is 13.1. The summed E-state index contributed by atoms with van der Waals surface area (Å²) in [5, 5.41) is 1.76. The molecule has 2 heterocycles. The van der Waals surface area contributed by atoms with E-state index in [9.17, 15) is 18.0 Å². The summed E-state index contributed by atoms with van der Waals surface area (Å²) in [7, 11) is 0. The lowest BCUT2D eigenvalue weighted by Gasteiger charge is -2.05. The van der Waals surface area contributed by atoms with Crippen LogP contribution in [0.25, 0.3) is 5.65 Å². The Morgan fingerprint density at radius 1 is 1.44 bits per heavy atom. The van der Waals surface area contributed by atoms with Gasteiger partial charge in [-0.2, -0.15) is 13.2 Å². The number of alkyl halides is 3. The third-order valence-electron chi connectivity index (χ3n) is 2.31. The van der Waals surface area contributed by atoms with Crippen LogP contribution in [0.15, 0.2) is 18.3 Å². The zero-order valence-corrected chi connectivity index (χ0v) is 11.2. The molecular formula is C10H7F3IN3O. The minimum Gasteiger partial charge on any atom is -0.301 e. The molecule has 4 nitrogen and oxygen atoms in total. The van der Waals surface area contributed by atoms with Crippen LogP contribution < -0.4 is 5.32 Å². The highest BCUT2D eigenvalue weighted by atomic mass is 127. The zero-order valence-electron chi connectivity index (χ0n) is 9.05. The van der Waals surface area contributed by atoms with E-state index in [0.717, 1.165) is 3.57 Å². The van der Waals surface area contributed by atoms with Crippen molar-refractivity contribution in [3.05, 3.63) is 27.6 Å². The van der Waals surface area contributed by atoms with Crippen molar-refractivity contribution in [3.63, 3.8) is 0 Å². The molecule has 8 heteroatoms. The van der Waals surface area contributed by atoms with Crippen molar-refractivity contribution < 1.29 is 18.0 Å². The number of nitrogens with one attached hydrogen (secondary N) is 1. The molecule has 0 bridgehead atoms. The molecule has 0 atom stereocenters. The van der Waals surface area contributed by atoms with Crippen molar-refractivity contribution in [1.82, 2.24) is 9.38 Å². The second kappa shape index (κ2) is 4.41. The van der Waals surface area contributed by atoms with Crippen LogP contribution in [-0.4, -0.2) is 21.5 Å². The number of halogens is 4. The summed E-state index contributed by atoms with van der Waals surface area (Å²) in [5.41, 5.74) is 0.923. The van der Waals surface area contributed by atoms with Gasteiger partial charge in [0.05, 0.1) is 5.69 Å². The molecule has 0 unspecified atom stereocenters. The lowest BCUT2D eigenvalue weighted by molar-refractivity contribution is -0.167. The van der Waals surface area contributed by atoms with Crippen LogP contribution in [0, 0.1) is 10.5 Å². The van der Waals surface area contributed by atoms with Crippen molar-refractivity contribution in [2.45, 2.75) is 13.1 Å². The Morgan fingerprint density at radius 3 is 2.72 bits per heavy atom. The second-order valence-corrected chi connectivity index (χ2v) is 4.82. The Morgan fingerprint density at radius 2 is 2.11 bits per heavy atom. The van der Waals surface area contributed by atoms with Gasteiger partial charge in [-0.05, 0) is 41.6 Å². The number of carbonyl (C=O) groups is 1. The highest BCUT2D eigenvalue weighted by Crippen LogP contribution is 2.21. The highest BCUT2D eigenvalue weighted by molar-refractivity contribution is 14.1. The highest BCUT2D eigenvalue weighted by Gasteiger charge is 2.39. The van der Waals surface area contributed by atoms with E-state index < -0.39 is 12.1 Å². The van der Waals surface area contributed by atoms with E-state index in [4.69, 9.17) is 0 Å². The van der Waals surface area contributed by atoms with Gasteiger partial charge in [-0.25, -0.2) is 4.98 Å². The Hall–Kier alpha value is -1.32. The smallest absolute Gasteiger partial charge is 0.301 e. The number of pyridine rings is 1. The van der Waals surface area contributed by atoms with Gasteiger partial charge < -0.3 is 9.72 Å². The average molecular weight is 369 g/mol. The Kier molecular flexibility index (Phi) is 3.21. The van der Waals surface area contributed by atoms with Crippen molar-refractivity contribution in [2.24, 2.45) is 0 Å². The number of aryl methyl sites for hydroxylation is 1. The predicted octanol–water partition coefficient (Wildman–Crippen LogP) is 2.75. The first-order valence-corrected chi connectivity index (χ1v) is 5.89. The minimum atomic E-state index is -4.92. The van der Waals surface area contributed by atoms with E-state index in [1.807, 2.05) is 0 Å². The maximum Gasteiger partial charge on any atom is 0.471 e. The van der Waals surface area contributed by atoms with Gasteiger partial charge in [0.2, 0.25) is 0 Å². The van der Waals surface area contributed by atoms with Gasteiger partial charge in [-0.15, -0.1) is 0 Å². The van der Waals surface area contributed by atoms with E-state index >= 15 is 0 Å². The number of aromatic nitrogens is 2. The van der Waals surface area contributed by atoms with Crippen LogP contribution in [0.5, 0.6) is 0 Å². The molecule has 18 heavy (non-hydrogen) atoms. The van der Waals surface area contributed by atoms with E-state index in [1.165, 1.54) is 0 Å². The van der Waals surface area contributed by atoms with Crippen LogP contribution in [0.3, 0.4) is 0 Å². The largest absolute Gasteiger partial charge is 0.471 e. The standard InChI is InChI=1S/C10H7F3IN3O/c1-5-8(16-9(18)10(11,12)13)15-7-3-2-6(14)4-17(5)7/h2-4H,1H3,(H,16,18). The maximum atomic E-state index is 12.1. The molecule has 0 aliphatic heterocycles. The minimum absolute atomic E-state index is 0.0840. The molecule has 2 aromatic heterocycles. The second-order valence-electron chi connectivity index (χ2n) is 3.57. The number of hydrogen-bond donors (Lipinski definition) is 1. The first-order valence-electron chi connectivity index (χ1n) is 4.81. The monoisotopic (exact) mass is 369 g/mol. The van der Waals surface area contributed by atoms with Crippen molar-refractivity contribution in [3.8, 4) is 0 Å². The topological polar surface area (TPSA) is 46.4 Å². The van der Waals surface area contributed by atoms with Gasteiger partial charge in [-0.3, -0.25) is 4.79 Å². The van der Waals surface area contributed by atoms with E-state index in [0.29, 0.717) is 11.3 Å². The summed E-state index contributed by atoms with van der Waals surface area (Å²) in [4.78, 5) is 14.8. The molecule has 2 rings (SSSR count). The Balaban J connectivity index is 2.41. The van der Waals surface area contributed by atoms with Gasteiger partial charge in [0, 0.05) is 9.77 Å². The Labute approximate surface area is 113 Å². The molecule has 0 saturated carbocycles. The number of carbonyl (C=O) groups excluding carboxylic acids is 1. The number of amides is 1. The average Bonchev–Trinajstić information content (AvgIpc) is 2.55. The van der Waals surface area contributed by atoms with E-state index in [1.54, 1.807) is 35.0 Å². The quantitative estimate of drug-likeness (QED) is 0.786. The van der Waals surface area contributed by atoms with Crippen molar-refractivity contribution in [1.29, 1.82) is 0 Å². The number of rotatable bonds is 1. The van der Waals surface area contributed by atoms with Crippen LogP contribution >= 0.6 is 22.6 Å². The molecular weight excluding hydrogens is 362 g/mol. The molecule has 0 aliphatic carbocycles. The number of hydrogen-bond acceptors (Lipinski definition) is 2. The maximum absolute atomic E-state index is 12.1.